The van der Waals surface area contributed by atoms with Crippen LogP contribution in [0.2, 0.25) is 10.0 Å². The average Bonchev–Trinajstić information content (AvgIpc) is 2.73. The van der Waals surface area contributed by atoms with Crippen molar-refractivity contribution in [2.24, 2.45) is 0 Å². The van der Waals surface area contributed by atoms with E-state index in [1.165, 1.54) is 10.5 Å². The van der Waals surface area contributed by atoms with Crippen LogP contribution < -0.4 is 10.6 Å². The monoisotopic (exact) mass is 470 g/mol. The minimum Gasteiger partial charge on any atom is -0.367 e. The lowest BCUT2D eigenvalue weighted by Crippen LogP contribution is -2.35. The van der Waals surface area contributed by atoms with Crippen LogP contribution in [0.3, 0.4) is 0 Å². The fraction of sp³-hybridized carbons (Fsp3) is 0.400. The number of benzene rings is 1. The highest BCUT2D eigenvalue weighted by Crippen LogP contribution is 2.22. The van der Waals surface area contributed by atoms with Crippen LogP contribution in [0.25, 0.3) is 0 Å². The first-order chi connectivity index (χ1) is 14.4. The zero-order valence-corrected chi connectivity index (χ0v) is 18.7. The van der Waals surface area contributed by atoms with Gasteiger partial charge in [0.15, 0.2) is 0 Å². The van der Waals surface area contributed by atoms with Gasteiger partial charge in [0.25, 0.3) is 0 Å². The van der Waals surface area contributed by atoms with E-state index in [0.29, 0.717) is 42.0 Å². The standard InChI is InChI=1S/C20H24Cl2N4O3S/c21-16-13-18(22)20(25-14-16)24-9-8-23-19(27)12-15-4-6-17(7-5-15)30(28,29)26-10-2-1-3-11-26/h4-7,13-14H,1-3,8-12H2,(H,23,27)(H,24,25). The first-order valence-corrected chi connectivity index (χ1v) is 12.0. The molecule has 1 aromatic carbocycles. The highest BCUT2D eigenvalue weighted by Gasteiger charge is 2.25. The van der Waals surface area contributed by atoms with Crippen LogP contribution in [-0.4, -0.2) is 49.8 Å². The zero-order valence-electron chi connectivity index (χ0n) is 16.4. The second-order valence-electron chi connectivity index (χ2n) is 7.05. The van der Waals surface area contributed by atoms with Crippen LogP contribution in [-0.2, 0) is 21.2 Å². The van der Waals surface area contributed by atoms with Gasteiger partial charge in [-0.05, 0) is 36.6 Å². The molecule has 2 aromatic rings. The molecule has 1 aromatic heterocycles. The molecule has 0 atom stereocenters. The van der Waals surface area contributed by atoms with E-state index in [-0.39, 0.29) is 17.2 Å². The number of amides is 1. The Morgan fingerprint density at radius 2 is 1.77 bits per heavy atom. The number of sulfonamides is 1. The molecule has 0 spiro atoms. The predicted molar refractivity (Wildman–Crippen MR) is 119 cm³/mol. The van der Waals surface area contributed by atoms with Gasteiger partial charge in [0.05, 0.1) is 21.4 Å². The summed E-state index contributed by atoms with van der Waals surface area (Å²) in [6.07, 6.45) is 4.52. The third kappa shape index (κ3) is 6.07. The number of halogens is 2. The number of hydrogen-bond donors (Lipinski definition) is 2. The van der Waals surface area contributed by atoms with E-state index in [4.69, 9.17) is 23.2 Å². The van der Waals surface area contributed by atoms with Gasteiger partial charge in [-0.15, -0.1) is 0 Å². The van der Waals surface area contributed by atoms with Crippen LogP contribution in [0, 0.1) is 0 Å². The number of pyridine rings is 1. The van der Waals surface area contributed by atoms with Gasteiger partial charge in [0.2, 0.25) is 15.9 Å². The Morgan fingerprint density at radius 3 is 2.43 bits per heavy atom. The average molecular weight is 471 g/mol. The maximum atomic E-state index is 12.7. The van der Waals surface area contributed by atoms with E-state index in [2.05, 4.69) is 15.6 Å². The summed E-state index contributed by atoms with van der Waals surface area (Å²) < 4.78 is 26.9. The molecule has 2 heterocycles. The fourth-order valence-electron chi connectivity index (χ4n) is 3.21. The van der Waals surface area contributed by atoms with Gasteiger partial charge >= 0.3 is 0 Å². The molecule has 30 heavy (non-hydrogen) atoms. The Kier molecular flexibility index (Phi) is 7.93. The van der Waals surface area contributed by atoms with Crippen LogP contribution >= 0.6 is 23.2 Å². The van der Waals surface area contributed by atoms with E-state index in [9.17, 15) is 13.2 Å². The maximum Gasteiger partial charge on any atom is 0.243 e. The number of nitrogens with one attached hydrogen (secondary N) is 2. The molecule has 1 fully saturated rings. The maximum absolute atomic E-state index is 12.7. The van der Waals surface area contributed by atoms with Gasteiger partial charge in [-0.25, -0.2) is 13.4 Å². The van der Waals surface area contributed by atoms with Gasteiger partial charge in [0.1, 0.15) is 5.82 Å². The van der Waals surface area contributed by atoms with E-state index in [0.717, 1.165) is 24.8 Å². The summed E-state index contributed by atoms with van der Waals surface area (Å²) in [6, 6.07) is 8.11. The van der Waals surface area contributed by atoms with Crippen molar-refractivity contribution < 1.29 is 13.2 Å². The molecular formula is C20H24Cl2N4O3S. The number of anilines is 1. The number of hydrogen-bond acceptors (Lipinski definition) is 5. The summed E-state index contributed by atoms with van der Waals surface area (Å²) in [7, 11) is -3.46. The van der Waals surface area contributed by atoms with E-state index < -0.39 is 10.0 Å². The van der Waals surface area contributed by atoms with Crippen molar-refractivity contribution in [2.45, 2.75) is 30.6 Å². The third-order valence-corrected chi connectivity index (χ3v) is 7.20. The number of nitrogens with zero attached hydrogens (tertiary/aromatic N) is 2. The molecule has 1 saturated heterocycles. The number of carbonyl (C=O) groups excluding carboxylic acids is 1. The third-order valence-electron chi connectivity index (χ3n) is 4.79. The lowest BCUT2D eigenvalue weighted by Gasteiger charge is -2.25. The molecule has 1 amide bonds. The Morgan fingerprint density at radius 1 is 1.07 bits per heavy atom. The highest BCUT2D eigenvalue weighted by atomic mass is 35.5. The SMILES string of the molecule is O=C(Cc1ccc(S(=O)(=O)N2CCCCC2)cc1)NCCNc1ncc(Cl)cc1Cl. The molecule has 3 rings (SSSR count). The summed E-state index contributed by atoms with van der Waals surface area (Å²) >= 11 is 11.8. The molecule has 1 aliphatic rings. The lowest BCUT2D eigenvalue weighted by molar-refractivity contribution is -0.120. The highest BCUT2D eigenvalue weighted by molar-refractivity contribution is 7.89. The van der Waals surface area contributed by atoms with Crippen molar-refractivity contribution in [3.8, 4) is 0 Å². The molecule has 0 saturated carbocycles. The second-order valence-corrected chi connectivity index (χ2v) is 9.83. The molecule has 2 N–H and O–H groups in total. The summed E-state index contributed by atoms with van der Waals surface area (Å²) in [5.41, 5.74) is 0.750. The smallest absolute Gasteiger partial charge is 0.243 e. The number of aromatic nitrogens is 1. The zero-order chi connectivity index (χ0) is 21.6. The molecule has 162 valence electrons. The van der Waals surface area contributed by atoms with E-state index >= 15 is 0 Å². The molecule has 0 unspecified atom stereocenters. The molecule has 7 nitrogen and oxygen atoms in total. The molecule has 0 aliphatic carbocycles. The van der Waals surface area contributed by atoms with Crippen molar-refractivity contribution >= 4 is 45.0 Å². The fourth-order valence-corrected chi connectivity index (χ4v) is 5.17. The van der Waals surface area contributed by atoms with Crippen molar-refractivity contribution in [1.82, 2.24) is 14.6 Å². The minimum absolute atomic E-state index is 0.154. The second kappa shape index (κ2) is 10.4. The molecule has 10 heteroatoms. The van der Waals surface area contributed by atoms with Crippen LogP contribution in [0.4, 0.5) is 5.82 Å². The molecule has 0 bridgehead atoms. The Labute approximate surface area is 186 Å². The van der Waals surface area contributed by atoms with Gasteiger partial charge in [-0.1, -0.05) is 41.8 Å². The van der Waals surface area contributed by atoms with Crippen molar-refractivity contribution in [3.05, 3.63) is 52.1 Å². The Bertz CT molecular complexity index is 978. The van der Waals surface area contributed by atoms with Gasteiger partial charge in [-0.2, -0.15) is 4.31 Å². The van der Waals surface area contributed by atoms with Gasteiger partial charge in [-0.3, -0.25) is 4.79 Å². The van der Waals surface area contributed by atoms with E-state index in [1.54, 1.807) is 30.3 Å². The summed E-state index contributed by atoms with van der Waals surface area (Å²) in [6.45, 7) is 1.97. The summed E-state index contributed by atoms with van der Waals surface area (Å²) in [5.74, 6) is 0.347. The summed E-state index contributed by atoms with van der Waals surface area (Å²) in [5, 5.41) is 6.69. The van der Waals surface area contributed by atoms with Crippen LogP contribution in [0.1, 0.15) is 24.8 Å². The van der Waals surface area contributed by atoms with Gasteiger partial charge in [0, 0.05) is 32.4 Å². The largest absolute Gasteiger partial charge is 0.367 e. The molecule has 0 radical (unpaired) electrons. The van der Waals surface area contributed by atoms with E-state index in [1.807, 2.05) is 0 Å². The lowest BCUT2D eigenvalue weighted by atomic mass is 10.1. The first-order valence-electron chi connectivity index (χ1n) is 9.77. The molecular weight excluding hydrogens is 447 g/mol. The van der Waals surface area contributed by atoms with Gasteiger partial charge < -0.3 is 10.6 Å². The first kappa shape index (κ1) is 22.8. The number of carbonyl (C=O) groups is 1. The Balaban J connectivity index is 1.46. The normalized spacial score (nSPS) is 15.0. The minimum atomic E-state index is -3.46. The van der Waals surface area contributed by atoms with Crippen LogP contribution in [0.5, 0.6) is 0 Å². The Hall–Kier alpha value is -1.87. The summed E-state index contributed by atoms with van der Waals surface area (Å²) in [4.78, 5) is 16.5. The quantitative estimate of drug-likeness (QED) is 0.577. The van der Waals surface area contributed by atoms with Crippen molar-refractivity contribution in [1.29, 1.82) is 0 Å². The molecule has 1 aliphatic heterocycles. The number of piperidine rings is 1. The topological polar surface area (TPSA) is 91.4 Å². The number of rotatable bonds is 8. The van der Waals surface area contributed by atoms with Crippen LogP contribution in [0.15, 0.2) is 41.4 Å². The van der Waals surface area contributed by atoms with Crippen molar-refractivity contribution in [3.63, 3.8) is 0 Å². The predicted octanol–water partition coefficient (Wildman–Crippen LogP) is 3.33. The van der Waals surface area contributed by atoms with Crippen molar-refractivity contribution in [2.75, 3.05) is 31.5 Å².